The zero-order valence-corrected chi connectivity index (χ0v) is 11.4. The minimum absolute atomic E-state index is 0.255. The van der Waals surface area contributed by atoms with Gasteiger partial charge in [-0.15, -0.1) is 0 Å². The average Bonchev–Trinajstić information content (AvgIpc) is 2.92. The number of carbonyl (C=O) groups is 2. The first-order chi connectivity index (χ1) is 9.57. The first kappa shape index (κ1) is 14.2. The SMILES string of the molecule is CCC1(C(=O)O)CCN(C(=O)NCc2cccnn2)C1. The summed E-state index contributed by atoms with van der Waals surface area (Å²) >= 11 is 0. The van der Waals surface area contributed by atoms with E-state index in [9.17, 15) is 14.7 Å². The number of hydrogen-bond donors (Lipinski definition) is 2. The predicted octanol–water partition coefficient (Wildman–Crippen LogP) is 0.873. The van der Waals surface area contributed by atoms with Crippen LogP contribution in [0.3, 0.4) is 0 Å². The lowest BCUT2D eigenvalue weighted by molar-refractivity contribution is -0.148. The molecule has 20 heavy (non-hydrogen) atoms. The molecule has 0 bridgehead atoms. The molecule has 1 unspecified atom stereocenters. The monoisotopic (exact) mass is 278 g/mol. The minimum Gasteiger partial charge on any atom is -0.481 e. The van der Waals surface area contributed by atoms with Crippen molar-refractivity contribution in [3.63, 3.8) is 0 Å². The number of aromatic nitrogens is 2. The lowest BCUT2D eigenvalue weighted by Crippen LogP contribution is -2.41. The second-order valence-corrected chi connectivity index (χ2v) is 4.98. The van der Waals surface area contributed by atoms with Gasteiger partial charge in [-0.25, -0.2) is 4.79 Å². The largest absolute Gasteiger partial charge is 0.481 e. The Bertz CT molecular complexity index is 494. The Kier molecular flexibility index (Phi) is 4.16. The molecule has 0 saturated carbocycles. The van der Waals surface area contributed by atoms with E-state index in [1.54, 1.807) is 23.2 Å². The Morgan fingerprint density at radius 3 is 2.90 bits per heavy atom. The number of carboxylic acids is 1. The second-order valence-electron chi connectivity index (χ2n) is 4.98. The molecule has 1 aromatic rings. The Labute approximate surface area is 117 Å². The maximum atomic E-state index is 12.0. The van der Waals surface area contributed by atoms with Gasteiger partial charge in [0.25, 0.3) is 0 Å². The van der Waals surface area contributed by atoms with Crippen molar-refractivity contribution < 1.29 is 14.7 Å². The number of carboxylic acid groups (broad SMARTS) is 1. The lowest BCUT2D eigenvalue weighted by Gasteiger charge is -2.23. The Morgan fingerprint density at radius 1 is 1.55 bits per heavy atom. The molecule has 2 amide bonds. The highest BCUT2D eigenvalue weighted by molar-refractivity contribution is 5.79. The molecule has 0 aliphatic carbocycles. The topological polar surface area (TPSA) is 95.4 Å². The van der Waals surface area contributed by atoms with Crippen LogP contribution in [0.25, 0.3) is 0 Å². The van der Waals surface area contributed by atoms with Gasteiger partial charge in [-0.2, -0.15) is 10.2 Å². The standard InChI is InChI=1S/C13H18N4O3/c1-2-13(11(18)19)5-7-17(9-13)12(20)14-8-10-4-3-6-15-16-10/h3-4,6H,2,5,7-9H2,1H3,(H,14,20)(H,18,19). The van der Waals surface area contributed by atoms with E-state index in [2.05, 4.69) is 15.5 Å². The normalized spacial score (nSPS) is 21.8. The van der Waals surface area contributed by atoms with E-state index < -0.39 is 11.4 Å². The van der Waals surface area contributed by atoms with Crippen LogP contribution < -0.4 is 5.32 Å². The van der Waals surface area contributed by atoms with Crippen molar-refractivity contribution in [3.8, 4) is 0 Å². The number of carbonyl (C=O) groups excluding carboxylic acids is 1. The number of nitrogens with one attached hydrogen (secondary N) is 1. The molecule has 2 rings (SSSR count). The zero-order chi connectivity index (χ0) is 14.6. The highest BCUT2D eigenvalue weighted by atomic mass is 16.4. The first-order valence-corrected chi connectivity index (χ1v) is 6.60. The Morgan fingerprint density at radius 2 is 2.35 bits per heavy atom. The van der Waals surface area contributed by atoms with Gasteiger partial charge in [-0.1, -0.05) is 6.92 Å². The van der Waals surface area contributed by atoms with Crippen LogP contribution in [0.15, 0.2) is 18.3 Å². The van der Waals surface area contributed by atoms with E-state index in [1.165, 1.54) is 0 Å². The number of urea groups is 1. The van der Waals surface area contributed by atoms with Crippen molar-refractivity contribution in [3.05, 3.63) is 24.0 Å². The molecule has 2 N–H and O–H groups in total. The summed E-state index contributed by atoms with van der Waals surface area (Å²) in [6, 6.07) is 3.26. The van der Waals surface area contributed by atoms with Gasteiger partial charge in [-0.3, -0.25) is 4.79 Å². The summed E-state index contributed by atoms with van der Waals surface area (Å²) in [5.41, 5.74) is -0.135. The van der Waals surface area contributed by atoms with E-state index >= 15 is 0 Å². The molecule has 1 atom stereocenters. The molecule has 0 aromatic carbocycles. The van der Waals surface area contributed by atoms with E-state index in [4.69, 9.17) is 0 Å². The molecule has 7 heteroatoms. The van der Waals surface area contributed by atoms with Gasteiger partial charge in [0.1, 0.15) is 0 Å². The van der Waals surface area contributed by atoms with Crippen LogP contribution in [-0.2, 0) is 11.3 Å². The summed E-state index contributed by atoms with van der Waals surface area (Å²) in [6.07, 6.45) is 2.59. The molecule has 1 fully saturated rings. The van der Waals surface area contributed by atoms with Crippen molar-refractivity contribution in [2.24, 2.45) is 5.41 Å². The maximum Gasteiger partial charge on any atom is 0.317 e. The van der Waals surface area contributed by atoms with Crippen molar-refractivity contribution >= 4 is 12.0 Å². The van der Waals surface area contributed by atoms with Gasteiger partial charge in [0, 0.05) is 19.3 Å². The van der Waals surface area contributed by atoms with Crippen LogP contribution in [0.4, 0.5) is 4.79 Å². The highest BCUT2D eigenvalue weighted by Gasteiger charge is 2.44. The summed E-state index contributed by atoms with van der Waals surface area (Å²) in [5.74, 6) is -0.829. The molecule has 108 valence electrons. The number of nitrogens with zero attached hydrogens (tertiary/aromatic N) is 3. The number of likely N-dealkylation sites (tertiary alicyclic amines) is 1. The van der Waals surface area contributed by atoms with E-state index in [-0.39, 0.29) is 19.1 Å². The fourth-order valence-electron chi connectivity index (χ4n) is 2.37. The average molecular weight is 278 g/mol. The fraction of sp³-hybridized carbons (Fsp3) is 0.538. The third-order valence-electron chi connectivity index (χ3n) is 3.82. The van der Waals surface area contributed by atoms with Crippen LogP contribution in [0, 0.1) is 5.41 Å². The molecule has 0 spiro atoms. The van der Waals surface area contributed by atoms with Gasteiger partial charge in [0.2, 0.25) is 0 Å². The number of hydrogen-bond acceptors (Lipinski definition) is 4. The molecule has 1 saturated heterocycles. The van der Waals surface area contributed by atoms with Crippen LogP contribution in [0.2, 0.25) is 0 Å². The van der Waals surface area contributed by atoms with E-state index in [1.807, 2.05) is 6.92 Å². The van der Waals surface area contributed by atoms with Gasteiger partial charge in [-0.05, 0) is 25.0 Å². The number of aliphatic carboxylic acids is 1. The Hall–Kier alpha value is -2.18. The molecule has 0 radical (unpaired) electrons. The van der Waals surface area contributed by atoms with Gasteiger partial charge in [0.05, 0.1) is 17.7 Å². The molecule has 1 aromatic heterocycles. The van der Waals surface area contributed by atoms with Crippen molar-refractivity contribution in [2.45, 2.75) is 26.3 Å². The first-order valence-electron chi connectivity index (χ1n) is 6.60. The molecule has 1 aliphatic rings. The van der Waals surface area contributed by atoms with Gasteiger partial charge in [0.15, 0.2) is 0 Å². The maximum absolute atomic E-state index is 12.0. The fourth-order valence-corrected chi connectivity index (χ4v) is 2.37. The summed E-state index contributed by atoms with van der Waals surface area (Å²) < 4.78 is 0. The number of rotatable bonds is 4. The summed E-state index contributed by atoms with van der Waals surface area (Å²) in [7, 11) is 0. The molecule has 7 nitrogen and oxygen atoms in total. The summed E-state index contributed by atoms with van der Waals surface area (Å²) in [5, 5.41) is 19.6. The molecular formula is C13H18N4O3. The zero-order valence-electron chi connectivity index (χ0n) is 11.4. The van der Waals surface area contributed by atoms with E-state index in [0.29, 0.717) is 25.1 Å². The third-order valence-corrected chi connectivity index (χ3v) is 3.82. The quantitative estimate of drug-likeness (QED) is 0.852. The lowest BCUT2D eigenvalue weighted by atomic mass is 9.84. The van der Waals surface area contributed by atoms with Crippen molar-refractivity contribution in [2.75, 3.05) is 13.1 Å². The van der Waals surface area contributed by atoms with Crippen molar-refractivity contribution in [1.29, 1.82) is 0 Å². The van der Waals surface area contributed by atoms with E-state index in [0.717, 1.165) is 0 Å². The third kappa shape index (κ3) is 2.87. The van der Waals surface area contributed by atoms with Crippen LogP contribution in [0.5, 0.6) is 0 Å². The number of amides is 2. The van der Waals surface area contributed by atoms with Gasteiger partial charge >= 0.3 is 12.0 Å². The van der Waals surface area contributed by atoms with Gasteiger partial charge < -0.3 is 15.3 Å². The summed E-state index contributed by atoms with van der Waals surface area (Å²) in [4.78, 5) is 24.9. The highest BCUT2D eigenvalue weighted by Crippen LogP contribution is 2.34. The van der Waals surface area contributed by atoms with Crippen LogP contribution in [-0.4, -0.2) is 45.3 Å². The van der Waals surface area contributed by atoms with Crippen LogP contribution in [0.1, 0.15) is 25.5 Å². The predicted molar refractivity (Wildman–Crippen MR) is 70.8 cm³/mol. The smallest absolute Gasteiger partial charge is 0.317 e. The Balaban J connectivity index is 1.90. The molecule has 2 heterocycles. The second kappa shape index (κ2) is 5.85. The molecule has 1 aliphatic heterocycles. The van der Waals surface area contributed by atoms with Crippen LogP contribution >= 0.6 is 0 Å². The summed E-state index contributed by atoms with van der Waals surface area (Å²) in [6.45, 7) is 2.85. The molecular weight excluding hydrogens is 260 g/mol. The van der Waals surface area contributed by atoms with Crippen molar-refractivity contribution in [1.82, 2.24) is 20.4 Å². The minimum atomic E-state index is -0.829.